The number of nitrogens with zero attached hydrogens (tertiary/aromatic N) is 3. The molecule has 0 aliphatic carbocycles. The molecule has 1 aliphatic heterocycles. The van der Waals surface area contributed by atoms with Gasteiger partial charge in [0.2, 0.25) is 0 Å². The van der Waals surface area contributed by atoms with E-state index >= 15 is 0 Å². The van der Waals surface area contributed by atoms with Gasteiger partial charge in [-0.25, -0.2) is 9.78 Å². The molecule has 1 aromatic heterocycles. The van der Waals surface area contributed by atoms with E-state index in [4.69, 9.17) is 0 Å². The van der Waals surface area contributed by atoms with Gasteiger partial charge in [0, 0.05) is 54.3 Å². The molecule has 0 saturated carbocycles. The molecule has 1 atom stereocenters. The smallest absolute Gasteiger partial charge is 0.319 e. The molecule has 1 aliphatic rings. The van der Waals surface area contributed by atoms with Crippen LogP contribution in [0, 0.1) is 0 Å². The fourth-order valence-electron chi connectivity index (χ4n) is 2.78. The largest absolute Gasteiger partial charge is 0.353 e. The number of rotatable bonds is 5. The average Bonchev–Trinajstić information content (AvgIpc) is 2.68. The van der Waals surface area contributed by atoms with Crippen molar-refractivity contribution in [1.82, 2.24) is 15.3 Å². The minimum absolute atomic E-state index is 0.141. The first kappa shape index (κ1) is 18.5. The van der Waals surface area contributed by atoms with Gasteiger partial charge in [-0.05, 0) is 25.5 Å². The third-order valence-electron chi connectivity index (χ3n) is 4.37. The summed E-state index contributed by atoms with van der Waals surface area (Å²) in [4.78, 5) is 23.5. The topological polar surface area (TPSA) is 70.1 Å². The molecule has 1 fully saturated rings. The monoisotopic (exact) mass is 371 g/mol. The average molecular weight is 372 g/mol. The highest BCUT2D eigenvalue weighted by molar-refractivity contribution is 7.99. The summed E-state index contributed by atoms with van der Waals surface area (Å²) in [6.07, 6.45) is 4.35. The molecule has 0 bridgehead atoms. The van der Waals surface area contributed by atoms with Gasteiger partial charge >= 0.3 is 6.03 Å². The van der Waals surface area contributed by atoms with Crippen molar-refractivity contribution in [2.45, 2.75) is 26.3 Å². The van der Waals surface area contributed by atoms with Crippen LogP contribution in [0.5, 0.6) is 0 Å². The molecular formula is C19H25N5OS. The molecule has 2 aromatic rings. The minimum atomic E-state index is -0.191. The maximum Gasteiger partial charge on any atom is 0.319 e. The van der Waals surface area contributed by atoms with Crippen molar-refractivity contribution in [3.8, 4) is 11.3 Å². The third kappa shape index (κ3) is 4.66. The number of amides is 2. The van der Waals surface area contributed by atoms with Crippen molar-refractivity contribution in [2.75, 3.05) is 34.8 Å². The molecule has 3 rings (SSSR count). The number of benzene rings is 1. The molecule has 138 valence electrons. The highest BCUT2D eigenvalue weighted by atomic mass is 32.2. The molecule has 6 nitrogen and oxygen atoms in total. The van der Waals surface area contributed by atoms with Crippen molar-refractivity contribution in [3.05, 3.63) is 36.7 Å². The first-order valence-corrected chi connectivity index (χ1v) is 10.1. The molecule has 26 heavy (non-hydrogen) atoms. The van der Waals surface area contributed by atoms with Crippen LogP contribution in [0.1, 0.15) is 20.3 Å². The van der Waals surface area contributed by atoms with Crippen LogP contribution in [-0.4, -0.2) is 46.6 Å². The first-order chi connectivity index (χ1) is 12.7. The van der Waals surface area contributed by atoms with Gasteiger partial charge in [0.1, 0.15) is 5.69 Å². The summed E-state index contributed by atoms with van der Waals surface area (Å²) in [6, 6.07) is 7.71. The van der Waals surface area contributed by atoms with Crippen LogP contribution in [0.2, 0.25) is 0 Å². The second-order valence-corrected chi connectivity index (χ2v) is 7.54. The first-order valence-electron chi connectivity index (χ1n) is 8.99. The van der Waals surface area contributed by atoms with Gasteiger partial charge in [0.15, 0.2) is 5.82 Å². The second-order valence-electron chi connectivity index (χ2n) is 6.32. The Hall–Kier alpha value is -2.28. The SMILES string of the molecule is CCC(C)NC(=O)Nc1cccc(-c2nccnc2N2CCSCC2)c1. The van der Waals surface area contributed by atoms with E-state index in [0.29, 0.717) is 0 Å². The van der Waals surface area contributed by atoms with Gasteiger partial charge in [0.25, 0.3) is 0 Å². The zero-order chi connectivity index (χ0) is 18.4. The van der Waals surface area contributed by atoms with Gasteiger partial charge in [-0.1, -0.05) is 19.1 Å². The number of hydrogen-bond acceptors (Lipinski definition) is 5. The van der Waals surface area contributed by atoms with Crippen LogP contribution in [-0.2, 0) is 0 Å². The Morgan fingerprint density at radius 1 is 1.27 bits per heavy atom. The maximum atomic E-state index is 12.1. The summed E-state index contributed by atoms with van der Waals surface area (Å²) >= 11 is 1.97. The van der Waals surface area contributed by atoms with Gasteiger partial charge in [0.05, 0.1) is 0 Å². The van der Waals surface area contributed by atoms with Crippen LogP contribution < -0.4 is 15.5 Å². The maximum absolute atomic E-state index is 12.1. The second kappa shape index (κ2) is 8.89. The zero-order valence-electron chi connectivity index (χ0n) is 15.2. The summed E-state index contributed by atoms with van der Waals surface area (Å²) in [5.41, 5.74) is 2.55. The Labute approximate surface area is 158 Å². The molecule has 2 heterocycles. The number of nitrogens with one attached hydrogen (secondary N) is 2. The van der Waals surface area contributed by atoms with Crippen LogP contribution >= 0.6 is 11.8 Å². The molecule has 1 saturated heterocycles. The summed E-state index contributed by atoms with van der Waals surface area (Å²) in [5.74, 6) is 3.12. The van der Waals surface area contributed by atoms with E-state index in [-0.39, 0.29) is 12.1 Å². The van der Waals surface area contributed by atoms with Crippen molar-refractivity contribution in [3.63, 3.8) is 0 Å². The number of aromatic nitrogens is 2. The quantitative estimate of drug-likeness (QED) is 0.840. The molecule has 1 unspecified atom stereocenters. The van der Waals surface area contributed by atoms with Crippen molar-refractivity contribution < 1.29 is 4.79 Å². The van der Waals surface area contributed by atoms with E-state index in [1.165, 1.54) is 0 Å². The summed E-state index contributed by atoms with van der Waals surface area (Å²) in [6.45, 7) is 5.98. The Balaban J connectivity index is 1.81. The number of carbonyl (C=O) groups excluding carboxylic acids is 1. The standard InChI is InChI=1S/C19H25N5OS/c1-3-14(2)22-19(25)23-16-6-4-5-15(13-16)17-18(21-8-7-20-17)24-9-11-26-12-10-24/h4-8,13-14H,3,9-12H2,1-2H3,(H2,22,23,25). The van der Waals surface area contributed by atoms with Crippen LogP contribution in [0.4, 0.5) is 16.3 Å². The summed E-state index contributed by atoms with van der Waals surface area (Å²) in [5, 5.41) is 5.81. The van der Waals surface area contributed by atoms with Gasteiger partial charge < -0.3 is 15.5 Å². The number of hydrogen-bond donors (Lipinski definition) is 2. The molecule has 2 amide bonds. The van der Waals surface area contributed by atoms with E-state index in [0.717, 1.165) is 53.8 Å². The van der Waals surface area contributed by atoms with E-state index in [9.17, 15) is 4.79 Å². The lowest BCUT2D eigenvalue weighted by Crippen LogP contribution is -2.35. The highest BCUT2D eigenvalue weighted by Crippen LogP contribution is 2.29. The normalized spacial score (nSPS) is 15.4. The lowest BCUT2D eigenvalue weighted by Gasteiger charge is -2.28. The number of thioether (sulfide) groups is 1. The van der Waals surface area contributed by atoms with Crippen molar-refractivity contribution in [1.29, 1.82) is 0 Å². The molecular weight excluding hydrogens is 346 g/mol. The summed E-state index contributed by atoms with van der Waals surface area (Å²) < 4.78 is 0. The number of carbonyl (C=O) groups is 1. The minimum Gasteiger partial charge on any atom is -0.353 e. The molecule has 0 radical (unpaired) electrons. The Morgan fingerprint density at radius 3 is 2.81 bits per heavy atom. The van der Waals surface area contributed by atoms with Crippen molar-refractivity contribution in [2.24, 2.45) is 0 Å². The van der Waals surface area contributed by atoms with Gasteiger partial charge in [-0.2, -0.15) is 11.8 Å². The number of urea groups is 1. The van der Waals surface area contributed by atoms with Crippen LogP contribution in [0.15, 0.2) is 36.7 Å². The van der Waals surface area contributed by atoms with E-state index in [1.807, 2.05) is 49.9 Å². The predicted octanol–water partition coefficient (Wildman–Crippen LogP) is 3.62. The molecule has 1 aromatic carbocycles. The number of anilines is 2. The lowest BCUT2D eigenvalue weighted by molar-refractivity contribution is 0.249. The predicted molar refractivity (Wildman–Crippen MR) is 109 cm³/mol. The van der Waals surface area contributed by atoms with Gasteiger partial charge in [-0.3, -0.25) is 4.98 Å². The third-order valence-corrected chi connectivity index (χ3v) is 5.32. The van der Waals surface area contributed by atoms with Gasteiger partial charge in [-0.15, -0.1) is 0 Å². The summed E-state index contributed by atoms with van der Waals surface area (Å²) in [7, 11) is 0. The molecule has 0 spiro atoms. The van der Waals surface area contributed by atoms with E-state index in [1.54, 1.807) is 12.4 Å². The van der Waals surface area contributed by atoms with E-state index in [2.05, 4.69) is 25.5 Å². The Morgan fingerprint density at radius 2 is 2.04 bits per heavy atom. The Bertz CT molecular complexity index is 748. The molecule has 2 N–H and O–H groups in total. The van der Waals surface area contributed by atoms with E-state index < -0.39 is 0 Å². The fourth-order valence-corrected chi connectivity index (χ4v) is 3.68. The van der Waals surface area contributed by atoms with Crippen LogP contribution in [0.25, 0.3) is 11.3 Å². The lowest BCUT2D eigenvalue weighted by atomic mass is 10.1. The highest BCUT2D eigenvalue weighted by Gasteiger charge is 2.18. The Kier molecular flexibility index (Phi) is 6.33. The van der Waals surface area contributed by atoms with Crippen molar-refractivity contribution >= 4 is 29.3 Å². The fraction of sp³-hybridized carbons (Fsp3) is 0.421. The molecule has 7 heteroatoms. The van der Waals surface area contributed by atoms with Crippen LogP contribution in [0.3, 0.4) is 0 Å². The zero-order valence-corrected chi connectivity index (χ0v) is 16.1.